The summed E-state index contributed by atoms with van der Waals surface area (Å²) in [4.78, 5) is 9.50. The molecular weight excluding hydrogens is 324 g/mol. The Morgan fingerprint density at radius 3 is 1.91 bits per heavy atom. The van der Waals surface area contributed by atoms with Crippen molar-refractivity contribution >= 4 is 48.7 Å². The lowest BCUT2D eigenvalue weighted by Crippen LogP contribution is -1.89. The van der Waals surface area contributed by atoms with Crippen LogP contribution in [0.4, 0.5) is 0 Å². The fraction of sp³-hybridized carbons (Fsp3) is 0.111. The molecule has 0 fully saturated rings. The second kappa shape index (κ2) is 6.10. The molecule has 0 unspecified atom stereocenters. The Kier molecular flexibility index (Phi) is 3.81. The van der Waals surface area contributed by atoms with Crippen LogP contribution >= 0.6 is 22.7 Å². The smallest absolute Gasteiger partial charge is 0.130 e. The molecule has 4 aromatic rings. The summed E-state index contributed by atoms with van der Waals surface area (Å²) in [5, 5.41) is 1.89. The lowest BCUT2D eigenvalue weighted by Gasteiger charge is -2.00. The highest BCUT2D eigenvalue weighted by Gasteiger charge is 2.16. The van der Waals surface area contributed by atoms with Crippen molar-refractivity contribution in [3.05, 3.63) is 64.8 Å². The zero-order chi connectivity index (χ0) is 15.6. The first kappa shape index (κ1) is 14.4. The second-order valence-corrected chi connectivity index (χ2v) is 7.02. The minimum absolute atomic E-state index is 0.624. The van der Waals surface area contributed by atoms with Crippen LogP contribution in [0.5, 0.6) is 0 Å². The number of para-hydroxylation sites is 2. The van der Waals surface area contributed by atoms with Gasteiger partial charge in [0.2, 0.25) is 0 Å². The van der Waals surface area contributed by atoms with Crippen LogP contribution in [0.3, 0.4) is 0 Å². The Balaban J connectivity index is 1.86. The van der Waals surface area contributed by atoms with E-state index < -0.39 is 0 Å². The third kappa shape index (κ3) is 2.73. The first-order valence-electron chi connectivity index (χ1n) is 7.39. The molecule has 2 heterocycles. The van der Waals surface area contributed by atoms with Crippen molar-refractivity contribution in [3.63, 3.8) is 0 Å². The average molecular weight is 338 g/mol. The lowest BCUT2D eigenvalue weighted by atomic mass is 10.3. The van der Waals surface area contributed by atoms with Crippen LogP contribution in [0.2, 0.25) is 0 Å². The van der Waals surface area contributed by atoms with E-state index in [4.69, 9.17) is 14.7 Å². The van der Waals surface area contributed by atoms with E-state index in [1.807, 2.05) is 43.3 Å². The molecule has 4 rings (SSSR count). The predicted octanol–water partition coefficient (Wildman–Crippen LogP) is 5.33. The Bertz CT molecular complexity index is 858. The van der Waals surface area contributed by atoms with Gasteiger partial charge in [0.25, 0.3) is 0 Å². The molecule has 0 atom stereocenters. The summed E-state index contributed by atoms with van der Waals surface area (Å²) in [5.41, 5.74) is 2.97. The number of nitrogens with zero attached hydrogens (tertiary/aromatic N) is 2. The Morgan fingerprint density at radius 2 is 1.43 bits per heavy atom. The number of thiazole rings is 2. The van der Waals surface area contributed by atoms with Crippen LogP contribution in [0.1, 0.15) is 16.9 Å². The van der Waals surface area contributed by atoms with Crippen molar-refractivity contribution in [2.45, 2.75) is 6.92 Å². The molecule has 2 aromatic heterocycles. The maximum Gasteiger partial charge on any atom is 0.130 e. The Labute approximate surface area is 141 Å². The van der Waals surface area contributed by atoms with Gasteiger partial charge in [-0.25, -0.2) is 9.97 Å². The summed E-state index contributed by atoms with van der Waals surface area (Å²) in [6.45, 7) is 2.60. The minimum atomic E-state index is 0.624. The summed E-state index contributed by atoms with van der Waals surface area (Å²) in [6.07, 6.45) is 1.79. The molecule has 0 N–H and O–H groups in total. The van der Waals surface area contributed by atoms with Crippen LogP contribution in [0.15, 0.2) is 54.8 Å². The third-order valence-corrected chi connectivity index (χ3v) is 5.56. The lowest BCUT2D eigenvalue weighted by molar-refractivity contribution is 0.271. The molecule has 0 saturated carbocycles. The van der Waals surface area contributed by atoms with E-state index in [1.54, 1.807) is 28.9 Å². The zero-order valence-electron chi connectivity index (χ0n) is 12.5. The molecule has 0 aliphatic heterocycles. The summed E-state index contributed by atoms with van der Waals surface area (Å²) >= 11 is 3.34. The van der Waals surface area contributed by atoms with Crippen LogP contribution in [0.25, 0.3) is 26.0 Å². The topological polar surface area (TPSA) is 35.0 Å². The van der Waals surface area contributed by atoms with Gasteiger partial charge in [0, 0.05) is 0 Å². The standard InChI is InChI=1S/C18H14N2OS2/c1-2-21-11-12(17-19-13-7-3-5-9-15(13)22-17)18-20-14-8-4-6-10-16(14)23-18/h3-11H,2H2,1H3. The molecule has 3 nitrogen and oxygen atoms in total. The molecule has 114 valence electrons. The van der Waals surface area contributed by atoms with Crippen molar-refractivity contribution in [2.75, 3.05) is 6.61 Å². The highest BCUT2D eigenvalue weighted by Crippen LogP contribution is 2.34. The molecule has 0 spiro atoms. The monoisotopic (exact) mass is 338 g/mol. The number of rotatable bonds is 4. The van der Waals surface area contributed by atoms with Crippen LogP contribution in [-0.4, -0.2) is 16.6 Å². The minimum Gasteiger partial charge on any atom is -0.501 e. The molecule has 2 aromatic carbocycles. The van der Waals surface area contributed by atoms with Crippen LogP contribution < -0.4 is 0 Å². The Hall–Kier alpha value is -2.24. The first-order valence-corrected chi connectivity index (χ1v) is 9.02. The van der Waals surface area contributed by atoms with Gasteiger partial charge in [0.1, 0.15) is 10.0 Å². The summed E-state index contributed by atoms with van der Waals surface area (Å²) in [7, 11) is 0. The maximum absolute atomic E-state index is 5.57. The number of benzene rings is 2. The second-order valence-electron chi connectivity index (χ2n) is 4.96. The molecule has 5 heteroatoms. The quantitative estimate of drug-likeness (QED) is 0.472. The van der Waals surface area contributed by atoms with E-state index in [0.717, 1.165) is 26.6 Å². The van der Waals surface area contributed by atoms with Gasteiger partial charge < -0.3 is 4.74 Å². The fourth-order valence-electron chi connectivity index (χ4n) is 2.33. The highest BCUT2D eigenvalue weighted by atomic mass is 32.1. The molecule has 0 aliphatic rings. The molecule has 0 saturated heterocycles. The van der Waals surface area contributed by atoms with E-state index in [-0.39, 0.29) is 0 Å². The van der Waals surface area contributed by atoms with E-state index in [1.165, 1.54) is 9.40 Å². The number of hydrogen-bond acceptors (Lipinski definition) is 5. The van der Waals surface area contributed by atoms with Gasteiger partial charge in [-0.05, 0) is 31.2 Å². The van der Waals surface area contributed by atoms with Crippen molar-refractivity contribution in [3.8, 4) is 0 Å². The van der Waals surface area contributed by atoms with Gasteiger partial charge in [0.15, 0.2) is 0 Å². The molecule has 0 radical (unpaired) electrons. The highest BCUT2D eigenvalue weighted by molar-refractivity contribution is 7.21. The van der Waals surface area contributed by atoms with Crippen molar-refractivity contribution in [1.29, 1.82) is 0 Å². The van der Waals surface area contributed by atoms with Gasteiger partial charge in [-0.2, -0.15) is 0 Å². The number of aromatic nitrogens is 2. The van der Waals surface area contributed by atoms with E-state index in [2.05, 4.69) is 12.1 Å². The molecule has 0 amide bonds. The van der Waals surface area contributed by atoms with Crippen molar-refractivity contribution in [1.82, 2.24) is 9.97 Å². The van der Waals surface area contributed by atoms with Gasteiger partial charge in [-0.3, -0.25) is 0 Å². The van der Waals surface area contributed by atoms with Crippen LogP contribution in [0, 0.1) is 0 Å². The fourth-order valence-corrected chi connectivity index (χ4v) is 4.34. The van der Waals surface area contributed by atoms with Gasteiger partial charge in [-0.15, -0.1) is 22.7 Å². The van der Waals surface area contributed by atoms with Gasteiger partial charge >= 0.3 is 0 Å². The first-order chi connectivity index (χ1) is 11.3. The van der Waals surface area contributed by atoms with Crippen molar-refractivity contribution < 1.29 is 4.74 Å². The summed E-state index contributed by atoms with van der Waals surface area (Å²) in [5.74, 6) is 0. The number of hydrogen-bond donors (Lipinski definition) is 0. The van der Waals surface area contributed by atoms with Crippen molar-refractivity contribution in [2.24, 2.45) is 0 Å². The largest absolute Gasteiger partial charge is 0.501 e. The number of ether oxygens (including phenoxy) is 1. The number of fused-ring (bicyclic) bond motifs is 2. The normalized spacial score (nSPS) is 11.0. The summed E-state index contributed by atoms with van der Waals surface area (Å²) < 4.78 is 7.91. The van der Waals surface area contributed by atoms with Gasteiger partial charge in [0.05, 0.1) is 38.9 Å². The predicted molar refractivity (Wildman–Crippen MR) is 97.9 cm³/mol. The SMILES string of the molecule is CCOC=C(c1nc2ccccc2s1)c1nc2ccccc2s1. The Morgan fingerprint density at radius 1 is 0.913 bits per heavy atom. The van der Waals surface area contributed by atoms with E-state index in [9.17, 15) is 0 Å². The van der Waals surface area contributed by atoms with E-state index in [0.29, 0.717) is 6.61 Å². The molecule has 23 heavy (non-hydrogen) atoms. The molecule has 0 aliphatic carbocycles. The zero-order valence-corrected chi connectivity index (χ0v) is 14.2. The van der Waals surface area contributed by atoms with E-state index >= 15 is 0 Å². The molecular formula is C18H14N2OS2. The summed E-state index contributed by atoms with van der Waals surface area (Å²) in [6, 6.07) is 16.3. The maximum atomic E-state index is 5.57. The average Bonchev–Trinajstić information content (AvgIpc) is 3.19. The molecule has 0 bridgehead atoms. The van der Waals surface area contributed by atoms with Crippen LogP contribution in [-0.2, 0) is 4.74 Å². The van der Waals surface area contributed by atoms with Gasteiger partial charge in [-0.1, -0.05) is 24.3 Å². The third-order valence-electron chi connectivity index (χ3n) is 3.42.